The Labute approximate surface area is 95.5 Å². The molecule has 1 unspecified atom stereocenters. The van der Waals surface area contributed by atoms with E-state index in [1.54, 1.807) is 0 Å². The van der Waals surface area contributed by atoms with Crippen LogP contribution in [-0.2, 0) is 10.0 Å². The zero-order valence-corrected chi connectivity index (χ0v) is 9.44. The predicted octanol–water partition coefficient (Wildman–Crippen LogP) is 2.05. The molecule has 1 aromatic rings. The number of sulfonamides is 1. The lowest BCUT2D eigenvalue weighted by Gasteiger charge is -2.17. The quantitative estimate of drug-likeness (QED) is 0.855. The minimum atomic E-state index is -4.72. The van der Waals surface area contributed by atoms with Crippen LogP contribution in [0.15, 0.2) is 29.2 Å². The van der Waals surface area contributed by atoms with Crippen LogP contribution in [0.25, 0.3) is 0 Å². The summed E-state index contributed by atoms with van der Waals surface area (Å²) in [6, 6.07) is 1.91. The Morgan fingerprint density at radius 3 is 2.24 bits per heavy atom. The fourth-order valence-electron chi connectivity index (χ4n) is 1.03. The first-order valence-electron chi connectivity index (χ1n) is 4.48. The first-order valence-corrected chi connectivity index (χ1v) is 5.96. The zero-order valence-electron chi connectivity index (χ0n) is 8.62. The van der Waals surface area contributed by atoms with Gasteiger partial charge in [0.25, 0.3) is 0 Å². The maximum atomic E-state index is 13.1. The lowest BCUT2D eigenvalue weighted by molar-refractivity contribution is -0.147. The van der Waals surface area contributed by atoms with Gasteiger partial charge in [-0.05, 0) is 19.1 Å². The van der Waals surface area contributed by atoms with Gasteiger partial charge in [0.1, 0.15) is 16.8 Å². The molecule has 0 spiro atoms. The summed E-state index contributed by atoms with van der Waals surface area (Å²) in [6.45, 7) is 0.637. The van der Waals surface area contributed by atoms with Crippen molar-refractivity contribution in [2.75, 3.05) is 0 Å². The third kappa shape index (κ3) is 3.40. The molecule has 0 radical (unpaired) electrons. The van der Waals surface area contributed by atoms with Gasteiger partial charge in [-0.15, -0.1) is 0 Å². The fourth-order valence-corrected chi connectivity index (χ4v) is 2.33. The zero-order chi connectivity index (χ0) is 13.3. The van der Waals surface area contributed by atoms with Crippen LogP contribution in [-0.4, -0.2) is 20.6 Å². The van der Waals surface area contributed by atoms with Crippen LogP contribution in [0.3, 0.4) is 0 Å². The molecule has 0 heterocycles. The Kier molecular flexibility index (Phi) is 3.78. The molecule has 0 saturated heterocycles. The molecule has 8 heteroatoms. The molecule has 0 aliphatic carbocycles. The number of rotatable bonds is 3. The second kappa shape index (κ2) is 4.61. The van der Waals surface area contributed by atoms with Crippen LogP contribution in [0.1, 0.15) is 6.92 Å². The van der Waals surface area contributed by atoms with Gasteiger partial charge >= 0.3 is 6.18 Å². The Hall–Kier alpha value is -1.15. The number of benzene rings is 1. The van der Waals surface area contributed by atoms with Crippen LogP contribution in [0.2, 0.25) is 0 Å². The number of halogens is 4. The van der Waals surface area contributed by atoms with Gasteiger partial charge in [0.15, 0.2) is 0 Å². The molecule has 0 aliphatic heterocycles. The summed E-state index contributed by atoms with van der Waals surface area (Å²) >= 11 is 0. The molecular weight excluding hydrogens is 262 g/mol. The van der Waals surface area contributed by atoms with Crippen LogP contribution in [0, 0.1) is 5.82 Å². The van der Waals surface area contributed by atoms with E-state index in [1.165, 1.54) is 16.9 Å². The first kappa shape index (κ1) is 13.9. The van der Waals surface area contributed by atoms with Crippen LogP contribution in [0.5, 0.6) is 0 Å². The van der Waals surface area contributed by atoms with E-state index in [1.807, 2.05) is 0 Å². The van der Waals surface area contributed by atoms with Crippen LogP contribution < -0.4 is 4.72 Å². The standard InChI is InChI=1S/C9H9F4NO2S/c1-6(9(11,12)13)14-17(15,16)8-5-3-2-4-7(8)10/h2-6,14H,1H3. The highest BCUT2D eigenvalue weighted by Crippen LogP contribution is 2.22. The average molecular weight is 271 g/mol. The lowest BCUT2D eigenvalue weighted by Crippen LogP contribution is -2.43. The Morgan fingerprint density at radius 2 is 1.76 bits per heavy atom. The van der Waals surface area contributed by atoms with Gasteiger partial charge in [0.05, 0.1) is 0 Å². The van der Waals surface area contributed by atoms with Crippen molar-refractivity contribution >= 4 is 10.0 Å². The summed E-state index contributed by atoms with van der Waals surface area (Å²) in [4.78, 5) is -0.809. The highest BCUT2D eigenvalue weighted by atomic mass is 32.2. The van der Waals surface area contributed by atoms with E-state index in [-0.39, 0.29) is 0 Å². The van der Waals surface area contributed by atoms with Gasteiger partial charge in [-0.3, -0.25) is 0 Å². The third-order valence-corrected chi connectivity index (χ3v) is 3.52. The Balaban J connectivity index is 3.03. The third-order valence-electron chi connectivity index (χ3n) is 1.95. The largest absolute Gasteiger partial charge is 0.404 e. The number of nitrogens with one attached hydrogen (secondary N) is 1. The normalized spacial score (nSPS) is 14.6. The van der Waals surface area contributed by atoms with Crippen molar-refractivity contribution in [2.45, 2.75) is 24.0 Å². The average Bonchev–Trinajstić information content (AvgIpc) is 2.15. The number of hydrogen-bond acceptors (Lipinski definition) is 2. The van der Waals surface area contributed by atoms with Crippen molar-refractivity contribution in [3.63, 3.8) is 0 Å². The molecule has 0 amide bonds. The highest BCUT2D eigenvalue weighted by molar-refractivity contribution is 7.89. The van der Waals surface area contributed by atoms with Gasteiger partial charge in [0, 0.05) is 0 Å². The first-order chi connectivity index (χ1) is 7.64. The molecule has 0 saturated carbocycles. The van der Waals surface area contributed by atoms with Gasteiger partial charge in [-0.1, -0.05) is 12.1 Å². The second-order valence-corrected chi connectivity index (χ2v) is 5.00. The predicted molar refractivity (Wildman–Crippen MR) is 52.2 cm³/mol. The maximum Gasteiger partial charge on any atom is 0.404 e. The van der Waals surface area contributed by atoms with E-state index in [4.69, 9.17) is 0 Å². The van der Waals surface area contributed by atoms with Crippen molar-refractivity contribution in [1.29, 1.82) is 0 Å². The molecule has 1 atom stereocenters. The minimum absolute atomic E-state index is 0.637. The van der Waals surface area contributed by atoms with E-state index in [9.17, 15) is 26.0 Å². The fraction of sp³-hybridized carbons (Fsp3) is 0.333. The molecule has 0 aromatic heterocycles. The molecule has 3 nitrogen and oxygen atoms in total. The Bertz CT molecular complexity index is 498. The van der Waals surface area contributed by atoms with E-state index >= 15 is 0 Å². The van der Waals surface area contributed by atoms with Crippen molar-refractivity contribution in [2.24, 2.45) is 0 Å². The molecule has 1 aromatic carbocycles. The minimum Gasteiger partial charge on any atom is -0.207 e. The SMILES string of the molecule is CC(NS(=O)(=O)c1ccccc1F)C(F)(F)F. The molecule has 0 fully saturated rings. The molecule has 1 N–H and O–H groups in total. The highest BCUT2D eigenvalue weighted by Gasteiger charge is 2.39. The van der Waals surface area contributed by atoms with Crippen LogP contribution in [0.4, 0.5) is 17.6 Å². The smallest absolute Gasteiger partial charge is 0.207 e. The molecule has 96 valence electrons. The summed E-state index contributed by atoms with van der Waals surface area (Å²) in [5, 5.41) is 0. The van der Waals surface area contributed by atoms with Crippen molar-refractivity contribution in [3.8, 4) is 0 Å². The molecule has 0 aliphatic rings. The summed E-state index contributed by atoms with van der Waals surface area (Å²) in [6.07, 6.45) is -4.72. The van der Waals surface area contributed by atoms with E-state index in [0.29, 0.717) is 6.92 Å². The van der Waals surface area contributed by atoms with Crippen molar-refractivity contribution in [1.82, 2.24) is 4.72 Å². The molecule has 0 bridgehead atoms. The lowest BCUT2D eigenvalue weighted by atomic mass is 10.3. The summed E-state index contributed by atoms with van der Waals surface area (Å²) < 4.78 is 73.9. The second-order valence-electron chi connectivity index (χ2n) is 3.32. The number of alkyl halides is 3. The van der Waals surface area contributed by atoms with Crippen molar-refractivity contribution in [3.05, 3.63) is 30.1 Å². The summed E-state index contributed by atoms with van der Waals surface area (Å²) in [5.74, 6) is -1.10. The number of hydrogen-bond donors (Lipinski definition) is 1. The van der Waals surface area contributed by atoms with E-state index < -0.39 is 33.0 Å². The van der Waals surface area contributed by atoms with Crippen LogP contribution >= 0.6 is 0 Å². The molecular formula is C9H9F4NO2S. The van der Waals surface area contributed by atoms with Gasteiger partial charge < -0.3 is 0 Å². The molecule has 17 heavy (non-hydrogen) atoms. The topological polar surface area (TPSA) is 46.2 Å². The Morgan fingerprint density at radius 1 is 1.24 bits per heavy atom. The van der Waals surface area contributed by atoms with Gasteiger partial charge in [-0.2, -0.15) is 17.9 Å². The summed E-state index contributed by atoms with van der Waals surface area (Å²) in [5.41, 5.74) is 0. The van der Waals surface area contributed by atoms with Gasteiger partial charge in [0.2, 0.25) is 10.0 Å². The maximum absolute atomic E-state index is 13.1. The monoisotopic (exact) mass is 271 g/mol. The van der Waals surface area contributed by atoms with E-state index in [0.717, 1.165) is 12.1 Å². The molecule has 1 rings (SSSR count). The van der Waals surface area contributed by atoms with Gasteiger partial charge in [-0.25, -0.2) is 12.8 Å². The van der Waals surface area contributed by atoms with Crippen molar-refractivity contribution < 1.29 is 26.0 Å². The van der Waals surface area contributed by atoms with E-state index in [2.05, 4.69) is 0 Å². The summed E-state index contributed by atoms with van der Waals surface area (Å²) in [7, 11) is -4.52.